The number of hydrogen-bond acceptors (Lipinski definition) is 7. The molecule has 0 N–H and O–H groups in total. The fourth-order valence-electron chi connectivity index (χ4n) is 2.83. The summed E-state index contributed by atoms with van der Waals surface area (Å²) in [6.45, 7) is 1.30. The number of aliphatic imine (C=N–C) groups is 1. The maximum Gasteiger partial charge on any atom is 0.304 e. The van der Waals surface area contributed by atoms with E-state index in [9.17, 15) is 14.9 Å². The minimum atomic E-state index is -0.939. The van der Waals surface area contributed by atoms with Crippen molar-refractivity contribution >= 4 is 28.7 Å². The summed E-state index contributed by atoms with van der Waals surface area (Å²) in [6.07, 6.45) is 2.34. The quantitative estimate of drug-likeness (QED) is 0.401. The molecule has 9 heteroatoms. The standard InChI is InChI=1S/C17H12N4O4S/c1-10(22)25-17-16-18-6-7-20(16)13-5-4-11(21(23)24)9-12(13)15(19-17)14-3-2-8-26-14/h2-9,17H,1H3. The summed E-state index contributed by atoms with van der Waals surface area (Å²) in [5, 5.41) is 13.1. The highest BCUT2D eigenvalue weighted by Crippen LogP contribution is 2.33. The molecule has 1 aliphatic heterocycles. The maximum atomic E-state index is 11.6. The van der Waals surface area contributed by atoms with Crippen molar-refractivity contribution in [3.8, 4) is 5.69 Å². The summed E-state index contributed by atoms with van der Waals surface area (Å²) in [7, 11) is 0. The van der Waals surface area contributed by atoms with Gasteiger partial charge in [-0.05, 0) is 17.5 Å². The van der Waals surface area contributed by atoms with Crippen molar-refractivity contribution in [2.24, 2.45) is 4.99 Å². The number of fused-ring (bicyclic) bond motifs is 3. The number of thiophene rings is 1. The van der Waals surface area contributed by atoms with E-state index >= 15 is 0 Å². The maximum absolute atomic E-state index is 11.6. The smallest absolute Gasteiger partial charge is 0.304 e. The Kier molecular flexibility index (Phi) is 3.85. The van der Waals surface area contributed by atoms with Crippen LogP contribution in [0.15, 0.2) is 53.1 Å². The van der Waals surface area contributed by atoms with E-state index in [0.29, 0.717) is 22.8 Å². The Morgan fingerprint density at radius 1 is 1.38 bits per heavy atom. The monoisotopic (exact) mass is 368 g/mol. The zero-order valence-electron chi connectivity index (χ0n) is 13.5. The minimum absolute atomic E-state index is 0.0411. The molecule has 0 radical (unpaired) electrons. The van der Waals surface area contributed by atoms with E-state index in [1.165, 1.54) is 30.4 Å². The molecule has 0 amide bonds. The normalized spacial score (nSPS) is 15.4. The fourth-order valence-corrected chi connectivity index (χ4v) is 3.56. The first-order valence-electron chi connectivity index (χ1n) is 7.66. The van der Waals surface area contributed by atoms with E-state index in [-0.39, 0.29) is 5.69 Å². The van der Waals surface area contributed by atoms with Crippen LogP contribution in [0.4, 0.5) is 5.69 Å². The Balaban J connectivity index is 2.01. The number of nitro benzene ring substituents is 1. The molecule has 0 saturated carbocycles. The summed E-state index contributed by atoms with van der Waals surface area (Å²) in [4.78, 5) is 32.0. The summed E-state index contributed by atoms with van der Waals surface area (Å²) in [6, 6.07) is 8.29. The van der Waals surface area contributed by atoms with Gasteiger partial charge in [-0.25, -0.2) is 9.98 Å². The number of imidazole rings is 1. The molecule has 1 aliphatic rings. The highest BCUT2D eigenvalue weighted by atomic mass is 32.1. The van der Waals surface area contributed by atoms with E-state index in [2.05, 4.69) is 9.98 Å². The lowest BCUT2D eigenvalue weighted by Gasteiger charge is -2.12. The van der Waals surface area contributed by atoms with Crippen LogP contribution in [0.5, 0.6) is 0 Å². The molecule has 3 aromatic rings. The molecule has 2 aromatic heterocycles. The average molecular weight is 368 g/mol. The molecule has 1 aromatic carbocycles. The third-order valence-electron chi connectivity index (χ3n) is 3.87. The molecule has 1 atom stereocenters. The number of rotatable bonds is 3. The number of benzene rings is 1. The number of carbonyl (C=O) groups excluding carboxylic acids is 1. The summed E-state index contributed by atoms with van der Waals surface area (Å²) in [5.74, 6) is -0.0578. The lowest BCUT2D eigenvalue weighted by molar-refractivity contribution is -0.384. The largest absolute Gasteiger partial charge is 0.432 e. The number of ether oxygens (including phenoxy) is 1. The molecule has 0 spiro atoms. The molecule has 3 heterocycles. The topological polar surface area (TPSA) is 99.6 Å². The van der Waals surface area contributed by atoms with Crippen LogP contribution < -0.4 is 0 Å². The predicted octanol–water partition coefficient (Wildman–Crippen LogP) is 3.25. The predicted molar refractivity (Wildman–Crippen MR) is 94.7 cm³/mol. The van der Waals surface area contributed by atoms with E-state index in [1.54, 1.807) is 23.0 Å². The van der Waals surface area contributed by atoms with Crippen LogP contribution in [0.1, 0.15) is 29.4 Å². The molecular formula is C17H12N4O4S. The van der Waals surface area contributed by atoms with Crippen molar-refractivity contribution in [3.05, 3.63) is 74.5 Å². The van der Waals surface area contributed by atoms with E-state index < -0.39 is 17.1 Å². The Morgan fingerprint density at radius 2 is 2.23 bits per heavy atom. The van der Waals surface area contributed by atoms with Gasteiger partial charge in [0.05, 0.1) is 21.2 Å². The molecule has 0 saturated heterocycles. The lowest BCUT2D eigenvalue weighted by Crippen LogP contribution is -2.11. The van der Waals surface area contributed by atoms with Crippen LogP contribution in [-0.4, -0.2) is 26.2 Å². The number of hydrogen-bond donors (Lipinski definition) is 0. The zero-order valence-corrected chi connectivity index (χ0v) is 14.3. The van der Waals surface area contributed by atoms with Crippen molar-refractivity contribution in [1.29, 1.82) is 0 Å². The van der Waals surface area contributed by atoms with Crippen molar-refractivity contribution in [2.45, 2.75) is 13.2 Å². The first-order chi connectivity index (χ1) is 12.5. The number of non-ortho nitro benzene ring substituents is 1. The molecule has 1 unspecified atom stereocenters. The van der Waals surface area contributed by atoms with Gasteiger partial charge in [0.25, 0.3) is 11.9 Å². The molecule has 0 bridgehead atoms. The first kappa shape index (κ1) is 16.2. The average Bonchev–Trinajstić information content (AvgIpc) is 3.27. The van der Waals surface area contributed by atoms with Crippen molar-refractivity contribution in [3.63, 3.8) is 0 Å². The van der Waals surface area contributed by atoms with Crippen LogP contribution in [0.3, 0.4) is 0 Å². The number of esters is 1. The molecule has 0 fully saturated rings. The summed E-state index contributed by atoms with van der Waals surface area (Å²) in [5.41, 5.74) is 1.75. The van der Waals surface area contributed by atoms with Gasteiger partial charge in [0.15, 0.2) is 5.82 Å². The number of aromatic nitrogens is 2. The second-order valence-electron chi connectivity index (χ2n) is 5.53. The van der Waals surface area contributed by atoms with E-state index in [0.717, 1.165) is 4.88 Å². The van der Waals surface area contributed by atoms with Gasteiger partial charge in [0, 0.05) is 37.0 Å². The van der Waals surface area contributed by atoms with Gasteiger partial charge in [-0.3, -0.25) is 19.5 Å². The van der Waals surface area contributed by atoms with E-state index in [4.69, 9.17) is 4.74 Å². The Hall–Kier alpha value is -3.33. The molecule has 130 valence electrons. The Labute approximate surface area is 151 Å². The van der Waals surface area contributed by atoms with Crippen LogP contribution in [0, 0.1) is 10.1 Å². The molecule has 8 nitrogen and oxygen atoms in total. The van der Waals surface area contributed by atoms with Crippen molar-refractivity contribution in [1.82, 2.24) is 9.55 Å². The highest BCUT2D eigenvalue weighted by molar-refractivity contribution is 7.12. The van der Waals surface area contributed by atoms with Gasteiger partial charge in [-0.15, -0.1) is 11.3 Å². The lowest BCUT2D eigenvalue weighted by atomic mass is 10.1. The Bertz CT molecular complexity index is 1040. The van der Waals surface area contributed by atoms with Crippen LogP contribution in [0.2, 0.25) is 0 Å². The first-order valence-corrected chi connectivity index (χ1v) is 8.54. The fraction of sp³-hybridized carbons (Fsp3) is 0.118. The second kappa shape index (κ2) is 6.19. The number of nitrogens with zero attached hydrogens (tertiary/aromatic N) is 4. The van der Waals surface area contributed by atoms with Gasteiger partial charge < -0.3 is 4.74 Å². The minimum Gasteiger partial charge on any atom is -0.432 e. The number of nitro groups is 1. The molecular weight excluding hydrogens is 356 g/mol. The van der Waals surface area contributed by atoms with Gasteiger partial charge in [-0.1, -0.05) is 6.07 Å². The molecule has 0 aliphatic carbocycles. The SMILES string of the molecule is CC(=O)OC1N=C(c2cccs2)c2cc([N+](=O)[O-])ccc2-n2ccnc21. The summed E-state index contributed by atoms with van der Waals surface area (Å²) < 4.78 is 7.09. The van der Waals surface area contributed by atoms with Gasteiger partial charge in [0.1, 0.15) is 0 Å². The highest BCUT2D eigenvalue weighted by Gasteiger charge is 2.29. The van der Waals surface area contributed by atoms with Crippen molar-refractivity contribution in [2.75, 3.05) is 0 Å². The number of carbonyl (C=O) groups is 1. The van der Waals surface area contributed by atoms with E-state index in [1.807, 2.05) is 17.5 Å². The third kappa shape index (κ3) is 2.68. The van der Waals surface area contributed by atoms with Gasteiger partial charge in [0.2, 0.25) is 0 Å². The molecule has 26 heavy (non-hydrogen) atoms. The van der Waals surface area contributed by atoms with Crippen LogP contribution in [0.25, 0.3) is 5.69 Å². The summed E-state index contributed by atoms with van der Waals surface area (Å²) >= 11 is 1.45. The van der Waals surface area contributed by atoms with Gasteiger partial charge in [-0.2, -0.15) is 0 Å². The molecule has 4 rings (SSSR count). The van der Waals surface area contributed by atoms with Crippen molar-refractivity contribution < 1.29 is 14.5 Å². The second-order valence-corrected chi connectivity index (χ2v) is 6.48. The van der Waals surface area contributed by atoms with Gasteiger partial charge >= 0.3 is 5.97 Å². The zero-order chi connectivity index (χ0) is 18.3. The van der Waals surface area contributed by atoms with Crippen LogP contribution in [-0.2, 0) is 9.53 Å². The van der Waals surface area contributed by atoms with Crippen LogP contribution >= 0.6 is 11.3 Å². The Morgan fingerprint density at radius 3 is 2.92 bits per heavy atom. The third-order valence-corrected chi connectivity index (χ3v) is 4.75.